The number of halogens is 3. The number of amides is 2. The molecule has 6 nitrogen and oxygen atoms in total. The van der Waals surface area contributed by atoms with Crippen LogP contribution < -0.4 is 0 Å². The topological polar surface area (TPSA) is 72.3 Å². The summed E-state index contributed by atoms with van der Waals surface area (Å²) in [6.07, 6.45) is -3.18. The van der Waals surface area contributed by atoms with Gasteiger partial charge in [-0.1, -0.05) is 42.5 Å². The van der Waals surface area contributed by atoms with Crippen LogP contribution in [-0.4, -0.2) is 32.0 Å². The summed E-state index contributed by atoms with van der Waals surface area (Å²) in [5, 5.41) is 0. The normalized spacial score (nSPS) is 13.3. The zero-order valence-corrected chi connectivity index (χ0v) is 18.9. The lowest BCUT2D eigenvalue weighted by Gasteiger charge is -2.19. The van der Waals surface area contributed by atoms with E-state index in [0.29, 0.717) is 5.69 Å². The third kappa shape index (κ3) is 3.88. The molecule has 1 aliphatic heterocycles. The van der Waals surface area contributed by atoms with E-state index in [1.165, 1.54) is 29.0 Å². The van der Waals surface area contributed by atoms with Gasteiger partial charge in [-0.15, -0.1) is 0 Å². The van der Waals surface area contributed by atoms with Crippen molar-refractivity contribution in [2.24, 2.45) is 0 Å². The van der Waals surface area contributed by atoms with Gasteiger partial charge in [0.05, 0.1) is 28.9 Å². The Morgan fingerprint density at radius 1 is 0.889 bits per heavy atom. The van der Waals surface area contributed by atoms with Crippen LogP contribution in [-0.2, 0) is 12.7 Å². The van der Waals surface area contributed by atoms with Crippen molar-refractivity contribution in [3.05, 3.63) is 118 Å². The molecule has 4 aromatic rings. The third-order valence-corrected chi connectivity index (χ3v) is 6.03. The second kappa shape index (κ2) is 8.60. The van der Waals surface area contributed by atoms with E-state index < -0.39 is 29.3 Å². The van der Waals surface area contributed by atoms with Crippen LogP contribution >= 0.6 is 0 Å². The first-order valence-corrected chi connectivity index (χ1v) is 11.0. The first-order chi connectivity index (χ1) is 17.2. The maximum absolute atomic E-state index is 13.5. The van der Waals surface area contributed by atoms with Crippen molar-refractivity contribution in [3.63, 3.8) is 0 Å². The van der Waals surface area contributed by atoms with Gasteiger partial charge >= 0.3 is 6.18 Å². The van der Waals surface area contributed by atoms with Crippen molar-refractivity contribution in [2.45, 2.75) is 19.6 Å². The molecule has 0 saturated carbocycles. The highest BCUT2D eigenvalue weighted by Gasteiger charge is 2.37. The molecular weight excluding hydrogens is 471 g/mol. The average molecular weight is 489 g/mol. The molecule has 1 aliphatic rings. The maximum atomic E-state index is 13.5. The molecule has 0 unspecified atom stereocenters. The van der Waals surface area contributed by atoms with Gasteiger partial charge in [-0.05, 0) is 37.3 Å². The molecule has 9 heteroatoms. The smallest absolute Gasteiger partial charge is 0.299 e. The zero-order chi connectivity index (χ0) is 25.6. The molecule has 36 heavy (non-hydrogen) atoms. The van der Waals surface area contributed by atoms with Gasteiger partial charge < -0.3 is 0 Å². The fourth-order valence-corrected chi connectivity index (χ4v) is 4.29. The fourth-order valence-electron chi connectivity index (χ4n) is 4.29. The molecule has 5 rings (SSSR count). The van der Waals surface area contributed by atoms with Crippen LogP contribution in [0.4, 0.5) is 13.2 Å². The van der Waals surface area contributed by atoms with Crippen LogP contribution in [0.2, 0.25) is 0 Å². The van der Waals surface area contributed by atoms with E-state index >= 15 is 0 Å². The first-order valence-electron chi connectivity index (χ1n) is 11.0. The van der Waals surface area contributed by atoms with Crippen LogP contribution in [0.3, 0.4) is 0 Å². The Morgan fingerprint density at radius 3 is 2.11 bits per heavy atom. The van der Waals surface area contributed by atoms with Gasteiger partial charge in [0.2, 0.25) is 0 Å². The summed E-state index contributed by atoms with van der Waals surface area (Å²) >= 11 is 0. The number of carbonyl (C=O) groups is 3. The predicted octanol–water partition coefficient (Wildman–Crippen LogP) is 5.23. The Kier molecular flexibility index (Phi) is 5.55. The van der Waals surface area contributed by atoms with Gasteiger partial charge in [-0.2, -0.15) is 13.2 Å². The molecule has 0 fully saturated rings. The lowest BCUT2D eigenvalue weighted by atomic mass is 9.98. The van der Waals surface area contributed by atoms with Crippen molar-refractivity contribution < 1.29 is 27.6 Å². The summed E-state index contributed by atoms with van der Waals surface area (Å²) < 4.78 is 42.1. The average Bonchev–Trinajstić information content (AvgIpc) is 3.35. The second-order valence-electron chi connectivity index (χ2n) is 8.32. The molecule has 0 atom stereocenters. The minimum Gasteiger partial charge on any atom is -0.299 e. The molecule has 3 aromatic carbocycles. The second-order valence-corrected chi connectivity index (χ2v) is 8.32. The van der Waals surface area contributed by atoms with Gasteiger partial charge in [-0.25, -0.2) is 4.98 Å². The highest BCUT2D eigenvalue weighted by atomic mass is 19.4. The molecule has 0 saturated heterocycles. The van der Waals surface area contributed by atoms with Crippen molar-refractivity contribution in [2.75, 3.05) is 0 Å². The third-order valence-electron chi connectivity index (χ3n) is 6.03. The molecule has 180 valence electrons. The van der Waals surface area contributed by atoms with Crippen molar-refractivity contribution in [3.8, 4) is 5.69 Å². The SMILES string of the molecule is Cc1cnc(CN2C(=O)c3ccccc3C2=O)n1-c1ccc(C(F)(F)F)cc1C(=O)c1ccccc1. The number of benzene rings is 3. The number of imide groups is 1. The Morgan fingerprint density at radius 2 is 1.50 bits per heavy atom. The van der Waals surface area contributed by atoms with E-state index in [-0.39, 0.29) is 40.3 Å². The van der Waals surface area contributed by atoms with Crippen molar-refractivity contribution in [1.82, 2.24) is 14.5 Å². The molecule has 0 spiro atoms. The van der Waals surface area contributed by atoms with Gasteiger partial charge in [0.15, 0.2) is 5.78 Å². The number of aryl methyl sites for hydroxylation is 1. The summed E-state index contributed by atoms with van der Waals surface area (Å²) in [7, 11) is 0. The number of rotatable bonds is 5. The number of ketones is 1. The van der Waals surface area contributed by atoms with Gasteiger partial charge in [0.1, 0.15) is 5.82 Å². The van der Waals surface area contributed by atoms with E-state index in [1.807, 2.05) is 0 Å². The standard InChI is InChI=1S/C27H18F3N3O3/c1-16-14-31-23(15-32-25(35)19-9-5-6-10-20(19)26(32)36)33(16)22-12-11-18(27(28,29)30)13-21(22)24(34)17-7-3-2-4-8-17/h2-14H,15H2,1H3. The minimum absolute atomic E-state index is 0.165. The van der Waals surface area contributed by atoms with Crippen LogP contribution in [0.15, 0.2) is 79.0 Å². The van der Waals surface area contributed by atoms with Crippen LogP contribution in [0, 0.1) is 6.92 Å². The number of carbonyl (C=O) groups excluding carboxylic acids is 3. The van der Waals surface area contributed by atoms with E-state index in [0.717, 1.165) is 17.0 Å². The molecule has 2 heterocycles. The quantitative estimate of drug-likeness (QED) is 0.284. The minimum atomic E-state index is -4.66. The monoisotopic (exact) mass is 489 g/mol. The van der Waals surface area contributed by atoms with Gasteiger partial charge in [-0.3, -0.25) is 23.9 Å². The summed E-state index contributed by atoms with van der Waals surface area (Å²) in [5.74, 6) is -1.35. The van der Waals surface area contributed by atoms with Crippen LogP contribution in [0.1, 0.15) is 53.7 Å². The maximum Gasteiger partial charge on any atom is 0.416 e. The number of alkyl halides is 3. The largest absolute Gasteiger partial charge is 0.416 e. The van der Waals surface area contributed by atoms with Crippen LogP contribution in [0.25, 0.3) is 5.69 Å². The molecule has 0 aliphatic carbocycles. The highest BCUT2D eigenvalue weighted by Crippen LogP contribution is 2.33. The van der Waals surface area contributed by atoms with Gasteiger partial charge in [0.25, 0.3) is 11.8 Å². The number of nitrogens with zero attached hydrogens (tertiary/aromatic N) is 3. The molecular formula is C27H18F3N3O3. The Bertz CT molecular complexity index is 1490. The highest BCUT2D eigenvalue weighted by molar-refractivity contribution is 6.21. The molecule has 0 N–H and O–H groups in total. The number of hydrogen-bond acceptors (Lipinski definition) is 4. The lowest BCUT2D eigenvalue weighted by Crippen LogP contribution is -2.30. The van der Waals surface area contributed by atoms with Gasteiger partial charge in [0, 0.05) is 23.0 Å². The number of aromatic nitrogens is 2. The summed E-state index contributed by atoms with van der Waals surface area (Å²) in [6, 6.07) is 17.3. The zero-order valence-electron chi connectivity index (χ0n) is 18.9. The van der Waals surface area contributed by atoms with E-state index in [4.69, 9.17) is 0 Å². The number of hydrogen-bond donors (Lipinski definition) is 0. The van der Waals surface area contributed by atoms with Crippen molar-refractivity contribution in [1.29, 1.82) is 0 Å². The number of imidazole rings is 1. The fraction of sp³-hybridized carbons (Fsp3) is 0.111. The summed E-state index contributed by atoms with van der Waals surface area (Å²) in [5.41, 5.74) is 0.296. The predicted molar refractivity (Wildman–Crippen MR) is 124 cm³/mol. The Balaban J connectivity index is 1.61. The Hall–Kier alpha value is -4.53. The van der Waals surface area contributed by atoms with E-state index in [9.17, 15) is 27.6 Å². The molecule has 0 radical (unpaired) electrons. The Labute approximate surface area is 203 Å². The molecule has 0 bridgehead atoms. The summed E-state index contributed by atoms with van der Waals surface area (Å²) in [6.45, 7) is 1.45. The molecule has 1 aromatic heterocycles. The van der Waals surface area contributed by atoms with Crippen molar-refractivity contribution >= 4 is 17.6 Å². The summed E-state index contributed by atoms with van der Waals surface area (Å²) in [4.78, 5) is 44.4. The molecule has 2 amide bonds. The van der Waals surface area contributed by atoms with E-state index in [1.54, 1.807) is 49.4 Å². The van der Waals surface area contributed by atoms with Crippen LogP contribution in [0.5, 0.6) is 0 Å². The number of fused-ring (bicyclic) bond motifs is 1. The lowest BCUT2D eigenvalue weighted by molar-refractivity contribution is -0.137. The first kappa shape index (κ1) is 23.2. The van der Waals surface area contributed by atoms with E-state index in [2.05, 4.69) is 4.98 Å².